The van der Waals surface area contributed by atoms with Crippen LogP contribution in [0.4, 0.5) is 0 Å². The summed E-state index contributed by atoms with van der Waals surface area (Å²) in [6, 6.07) is 0. The van der Waals surface area contributed by atoms with Gasteiger partial charge in [-0.25, -0.2) is 0 Å². The van der Waals surface area contributed by atoms with E-state index in [0.717, 1.165) is 5.75 Å². The quantitative estimate of drug-likeness (QED) is 0.529. The van der Waals surface area contributed by atoms with Crippen molar-refractivity contribution in [3.63, 3.8) is 0 Å². The minimum absolute atomic E-state index is 0.0415. The number of methoxy groups -OCH3 is 2. The van der Waals surface area contributed by atoms with E-state index in [0.29, 0.717) is 38.3 Å². The molecule has 0 saturated carbocycles. The number of esters is 1. The summed E-state index contributed by atoms with van der Waals surface area (Å²) in [5.41, 5.74) is 0. The van der Waals surface area contributed by atoms with Crippen LogP contribution in [0.25, 0.3) is 0 Å². The smallest absolute Gasteiger partial charge is 0.308 e. The Hall–Kier alpha value is -0.750. The lowest BCUT2D eigenvalue weighted by Crippen LogP contribution is -2.41. The predicted molar refractivity (Wildman–Crippen MR) is 70.5 cm³/mol. The second-order valence-corrected chi connectivity index (χ2v) is 5.33. The van der Waals surface area contributed by atoms with Crippen molar-refractivity contribution in [3.8, 4) is 0 Å². The van der Waals surface area contributed by atoms with Crippen LogP contribution in [0.2, 0.25) is 0 Å². The summed E-state index contributed by atoms with van der Waals surface area (Å²) < 4.78 is 9.64. The fraction of sp³-hybridized carbons (Fsp3) is 0.833. The Kier molecular flexibility index (Phi) is 7.12. The Bertz CT molecular complexity index is 277. The molecule has 0 unspecified atom stereocenters. The molecule has 1 rings (SSSR count). The number of thioether (sulfide) groups is 1. The Morgan fingerprint density at radius 3 is 2.50 bits per heavy atom. The third-order valence-electron chi connectivity index (χ3n) is 3.04. The molecule has 0 radical (unpaired) electrons. The summed E-state index contributed by atoms with van der Waals surface area (Å²) in [5.74, 6) is 1.28. The van der Waals surface area contributed by atoms with Crippen molar-refractivity contribution in [2.24, 2.45) is 5.92 Å². The molecule has 0 bridgehead atoms. The van der Waals surface area contributed by atoms with Crippen LogP contribution in [0.1, 0.15) is 12.8 Å². The van der Waals surface area contributed by atoms with Crippen molar-refractivity contribution in [2.45, 2.75) is 12.8 Å². The van der Waals surface area contributed by atoms with E-state index in [1.165, 1.54) is 7.11 Å². The van der Waals surface area contributed by atoms with E-state index < -0.39 is 0 Å². The van der Waals surface area contributed by atoms with Gasteiger partial charge in [0.25, 0.3) is 0 Å². The van der Waals surface area contributed by atoms with Crippen molar-refractivity contribution in [2.75, 3.05) is 45.4 Å². The van der Waals surface area contributed by atoms with E-state index in [1.807, 2.05) is 4.90 Å². The van der Waals surface area contributed by atoms with E-state index >= 15 is 0 Å². The zero-order chi connectivity index (χ0) is 13.4. The standard InChI is InChI=1S/C12H21NO4S/c1-16-7-8-18-9-11(14)13-5-3-10(4-6-13)12(15)17-2/h10H,3-9H2,1-2H3. The fourth-order valence-electron chi connectivity index (χ4n) is 1.92. The number of likely N-dealkylation sites (tertiary alicyclic amines) is 1. The van der Waals surface area contributed by atoms with Crippen LogP contribution in [-0.4, -0.2) is 62.2 Å². The Morgan fingerprint density at radius 1 is 1.28 bits per heavy atom. The minimum Gasteiger partial charge on any atom is -0.469 e. The fourth-order valence-corrected chi connectivity index (χ4v) is 2.71. The lowest BCUT2D eigenvalue weighted by Gasteiger charge is -2.30. The largest absolute Gasteiger partial charge is 0.469 e. The summed E-state index contributed by atoms with van der Waals surface area (Å²) in [6.07, 6.45) is 1.42. The molecule has 1 heterocycles. The molecular weight excluding hydrogens is 254 g/mol. The van der Waals surface area contributed by atoms with Crippen LogP contribution < -0.4 is 0 Å². The van der Waals surface area contributed by atoms with Crippen molar-refractivity contribution in [3.05, 3.63) is 0 Å². The molecule has 0 aliphatic carbocycles. The molecule has 0 N–H and O–H groups in total. The van der Waals surface area contributed by atoms with Crippen LogP contribution in [0, 0.1) is 5.92 Å². The third-order valence-corrected chi connectivity index (χ3v) is 3.95. The zero-order valence-electron chi connectivity index (χ0n) is 11.0. The predicted octanol–water partition coefficient (Wildman–Crippen LogP) is 0.778. The average Bonchev–Trinajstić information content (AvgIpc) is 2.42. The third kappa shape index (κ3) is 4.86. The highest BCUT2D eigenvalue weighted by molar-refractivity contribution is 7.99. The van der Waals surface area contributed by atoms with Gasteiger partial charge in [0.1, 0.15) is 0 Å². The molecule has 1 aliphatic heterocycles. The van der Waals surface area contributed by atoms with Gasteiger partial charge in [-0.05, 0) is 12.8 Å². The molecule has 0 atom stereocenters. The molecule has 0 spiro atoms. The van der Waals surface area contributed by atoms with Gasteiger partial charge in [0, 0.05) is 26.0 Å². The van der Waals surface area contributed by atoms with E-state index in [1.54, 1.807) is 18.9 Å². The van der Waals surface area contributed by atoms with Gasteiger partial charge < -0.3 is 14.4 Å². The van der Waals surface area contributed by atoms with Crippen molar-refractivity contribution in [1.29, 1.82) is 0 Å². The van der Waals surface area contributed by atoms with Crippen LogP contribution in [0.5, 0.6) is 0 Å². The number of carbonyl (C=O) groups is 2. The van der Waals surface area contributed by atoms with Crippen LogP contribution in [0.3, 0.4) is 0 Å². The maximum Gasteiger partial charge on any atom is 0.308 e. The number of rotatable bonds is 6. The molecule has 1 amide bonds. The van der Waals surface area contributed by atoms with Gasteiger partial charge in [-0.15, -0.1) is 11.8 Å². The molecule has 1 saturated heterocycles. The molecule has 5 nitrogen and oxygen atoms in total. The minimum atomic E-state index is -0.156. The number of amides is 1. The Morgan fingerprint density at radius 2 is 1.94 bits per heavy atom. The van der Waals surface area contributed by atoms with E-state index in [4.69, 9.17) is 9.47 Å². The summed E-state index contributed by atoms with van der Waals surface area (Å²) in [7, 11) is 3.06. The number of hydrogen-bond acceptors (Lipinski definition) is 5. The number of nitrogens with zero attached hydrogens (tertiary/aromatic N) is 1. The molecule has 0 aromatic carbocycles. The molecule has 1 aliphatic rings. The molecule has 104 valence electrons. The Labute approximate surface area is 112 Å². The van der Waals surface area contributed by atoms with Gasteiger partial charge in [-0.1, -0.05) is 0 Å². The summed E-state index contributed by atoms with van der Waals surface area (Å²) in [4.78, 5) is 25.0. The first-order valence-electron chi connectivity index (χ1n) is 6.11. The van der Waals surface area contributed by atoms with E-state index in [9.17, 15) is 9.59 Å². The molecule has 1 fully saturated rings. The van der Waals surface area contributed by atoms with Crippen LogP contribution >= 0.6 is 11.8 Å². The van der Waals surface area contributed by atoms with Crippen molar-refractivity contribution < 1.29 is 19.1 Å². The lowest BCUT2D eigenvalue weighted by atomic mass is 9.97. The maximum absolute atomic E-state index is 11.9. The molecule has 6 heteroatoms. The highest BCUT2D eigenvalue weighted by Crippen LogP contribution is 2.19. The first-order valence-corrected chi connectivity index (χ1v) is 7.26. The van der Waals surface area contributed by atoms with Gasteiger partial charge in [-0.3, -0.25) is 9.59 Å². The van der Waals surface area contributed by atoms with Crippen molar-refractivity contribution >= 4 is 23.6 Å². The average molecular weight is 275 g/mol. The van der Waals surface area contributed by atoms with Gasteiger partial charge in [-0.2, -0.15) is 0 Å². The Balaban J connectivity index is 2.21. The SMILES string of the molecule is COCCSCC(=O)N1CCC(C(=O)OC)CC1. The monoisotopic (exact) mass is 275 g/mol. The highest BCUT2D eigenvalue weighted by atomic mass is 32.2. The topological polar surface area (TPSA) is 55.8 Å². The first-order chi connectivity index (χ1) is 8.69. The van der Waals surface area contributed by atoms with Gasteiger partial charge in [0.15, 0.2) is 0 Å². The molecular formula is C12H21NO4S. The normalized spacial score (nSPS) is 16.7. The highest BCUT2D eigenvalue weighted by Gasteiger charge is 2.27. The lowest BCUT2D eigenvalue weighted by molar-refractivity contribution is -0.148. The molecule has 0 aromatic heterocycles. The molecule has 0 aromatic rings. The number of piperidine rings is 1. The second-order valence-electron chi connectivity index (χ2n) is 4.22. The summed E-state index contributed by atoms with van der Waals surface area (Å²) in [6.45, 7) is 1.98. The zero-order valence-corrected chi connectivity index (χ0v) is 11.8. The number of carbonyl (C=O) groups excluding carboxylic acids is 2. The van der Waals surface area contributed by atoms with E-state index in [2.05, 4.69) is 0 Å². The first kappa shape index (κ1) is 15.3. The van der Waals surface area contributed by atoms with Gasteiger partial charge in [0.05, 0.1) is 25.4 Å². The van der Waals surface area contributed by atoms with E-state index in [-0.39, 0.29) is 17.8 Å². The number of hydrogen-bond donors (Lipinski definition) is 0. The summed E-state index contributed by atoms with van der Waals surface area (Å²) >= 11 is 1.58. The maximum atomic E-state index is 11.9. The van der Waals surface area contributed by atoms with Crippen LogP contribution in [-0.2, 0) is 19.1 Å². The van der Waals surface area contributed by atoms with Crippen LogP contribution in [0.15, 0.2) is 0 Å². The summed E-state index contributed by atoms with van der Waals surface area (Å²) in [5, 5.41) is 0. The molecule has 18 heavy (non-hydrogen) atoms. The van der Waals surface area contributed by atoms with Crippen molar-refractivity contribution in [1.82, 2.24) is 4.90 Å². The number of ether oxygens (including phenoxy) is 2. The second kappa shape index (κ2) is 8.37. The van der Waals surface area contributed by atoms with Gasteiger partial charge in [0.2, 0.25) is 5.91 Å². The van der Waals surface area contributed by atoms with Gasteiger partial charge >= 0.3 is 5.97 Å².